The van der Waals surface area contributed by atoms with E-state index < -0.39 is 12.2 Å². The first-order valence-corrected chi connectivity index (χ1v) is 10.7. The summed E-state index contributed by atoms with van der Waals surface area (Å²) < 4.78 is 26.6. The monoisotopic (exact) mass is 413 g/mol. The minimum atomic E-state index is -0.838. The number of carbonyl (C=O) groups excluding carboxylic acids is 1. The maximum Gasteiger partial charge on any atom is 0.405 e. The van der Waals surface area contributed by atoms with Gasteiger partial charge in [0.05, 0.1) is 6.61 Å². The van der Waals surface area contributed by atoms with E-state index in [1.54, 1.807) is 0 Å². The third-order valence-electron chi connectivity index (χ3n) is 6.01. The average Bonchev–Trinajstić information content (AvgIpc) is 2.66. The van der Waals surface area contributed by atoms with E-state index in [-0.39, 0.29) is 11.2 Å². The van der Waals surface area contributed by atoms with Crippen molar-refractivity contribution in [2.24, 2.45) is 11.1 Å². The molecule has 0 saturated carbocycles. The number of nitrogens with two attached hydrogens (primary N) is 1. The molecule has 5 heteroatoms. The van der Waals surface area contributed by atoms with E-state index in [2.05, 4.69) is 6.92 Å². The molecule has 0 heterocycles. The van der Waals surface area contributed by atoms with E-state index in [0.29, 0.717) is 17.7 Å². The van der Waals surface area contributed by atoms with Crippen molar-refractivity contribution in [3.63, 3.8) is 0 Å². The summed E-state index contributed by atoms with van der Waals surface area (Å²) in [5.74, 6) is 0.546. The van der Waals surface area contributed by atoms with Crippen LogP contribution in [0.3, 0.4) is 0 Å². The Morgan fingerprint density at radius 3 is 2.47 bits per heavy atom. The normalized spacial score (nSPS) is 17.3. The van der Waals surface area contributed by atoms with E-state index in [1.165, 1.54) is 6.07 Å². The van der Waals surface area contributed by atoms with Crippen molar-refractivity contribution < 1.29 is 18.7 Å². The van der Waals surface area contributed by atoms with Gasteiger partial charge >= 0.3 is 6.09 Å². The number of fused-ring (bicyclic) bond motifs is 1. The molecule has 30 heavy (non-hydrogen) atoms. The number of hydrogen-bond acceptors (Lipinski definition) is 3. The minimum Gasteiger partial charge on any atom is -0.493 e. The Morgan fingerprint density at radius 1 is 1.20 bits per heavy atom. The number of primary amides is 1. The van der Waals surface area contributed by atoms with Crippen LogP contribution in [0.1, 0.15) is 68.4 Å². The molecule has 2 aromatic carbocycles. The van der Waals surface area contributed by atoms with Gasteiger partial charge in [-0.3, -0.25) is 0 Å². The zero-order chi connectivity index (χ0) is 22.1. The van der Waals surface area contributed by atoms with E-state index in [1.807, 2.05) is 45.9 Å². The lowest BCUT2D eigenvalue weighted by atomic mass is 9.71. The standard InChI is InChI=1S/C25H32FNO3/c1-6-7-10-29-22-15(2)11-18(12-16(22)3)19-13-17-8-9-25(4,5)23(30-24(27)28)20(17)14-21(19)26/h11-14,23H,6-10H2,1-5H3,(H2,27,28)/t23-/m0/s1. The number of hydrogen-bond donors (Lipinski definition) is 1. The number of carbonyl (C=O) groups is 1. The predicted octanol–water partition coefficient (Wildman–Crippen LogP) is 6.40. The fourth-order valence-electron chi connectivity index (χ4n) is 4.32. The van der Waals surface area contributed by atoms with Gasteiger partial charge in [0.25, 0.3) is 0 Å². The maximum absolute atomic E-state index is 15.2. The molecule has 0 fully saturated rings. The third kappa shape index (κ3) is 4.45. The molecule has 0 aromatic heterocycles. The van der Waals surface area contributed by atoms with Crippen LogP contribution in [-0.4, -0.2) is 12.7 Å². The van der Waals surface area contributed by atoms with Crippen molar-refractivity contribution in [2.45, 2.75) is 66.4 Å². The number of halogens is 1. The Kier molecular flexibility index (Phi) is 6.39. The zero-order valence-corrected chi connectivity index (χ0v) is 18.6. The van der Waals surface area contributed by atoms with Crippen molar-refractivity contribution in [3.8, 4) is 16.9 Å². The van der Waals surface area contributed by atoms with E-state index in [0.717, 1.165) is 53.7 Å². The van der Waals surface area contributed by atoms with Gasteiger partial charge in [-0.25, -0.2) is 9.18 Å². The number of amides is 1. The topological polar surface area (TPSA) is 61.6 Å². The van der Waals surface area contributed by atoms with Crippen molar-refractivity contribution in [1.82, 2.24) is 0 Å². The number of aryl methyl sites for hydroxylation is 3. The smallest absolute Gasteiger partial charge is 0.405 e. The van der Waals surface area contributed by atoms with Crippen LogP contribution in [0.5, 0.6) is 5.75 Å². The molecule has 1 aliphatic carbocycles. The summed E-state index contributed by atoms with van der Waals surface area (Å²) in [6.07, 6.45) is 2.31. The lowest BCUT2D eigenvalue weighted by Gasteiger charge is -2.39. The highest BCUT2D eigenvalue weighted by atomic mass is 19.1. The first kappa shape index (κ1) is 22.1. The molecule has 0 saturated heterocycles. The summed E-state index contributed by atoms with van der Waals surface area (Å²) in [5, 5.41) is 0. The molecule has 0 unspecified atom stereocenters. The number of unbranched alkanes of at least 4 members (excludes halogenated alkanes) is 1. The van der Waals surface area contributed by atoms with E-state index in [9.17, 15) is 4.79 Å². The van der Waals surface area contributed by atoms with Crippen LogP contribution in [0.2, 0.25) is 0 Å². The largest absolute Gasteiger partial charge is 0.493 e. The fraction of sp³-hybridized carbons (Fsp3) is 0.480. The van der Waals surface area contributed by atoms with Gasteiger partial charge in [-0.2, -0.15) is 0 Å². The average molecular weight is 414 g/mol. The molecule has 4 nitrogen and oxygen atoms in total. The first-order chi connectivity index (χ1) is 14.1. The highest BCUT2D eigenvalue weighted by Crippen LogP contribution is 2.47. The summed E-state index contributed by atoms with van der Waals surface area (Å²) in [7, 11) is 0. The Bertz CT molecular complexity index is 929. The Balaban J connectivity index is 2.00. The predicted molar refractivity (Wildman–Crippen MR) is 117 cm³/mol. The maximum atomic E-state index is 15.2. The van der Waals surface area contributed by atoms with Crippen LogP contribution in [0, 0.1) is 25.1 Å². The highest BCUT2D eigenvalue weighted by molar-refractivity contribution is 5.70. The van der Waals surface area contributed by atoms with Crippen LogP contribution in [-0.2, 0) is 11.2 Å². The Labute approximate surface area is 178 Å². The molecular weight excluding hydrogens is 381 g/mol. The fourth-order valence-corrected chi connectivity index (χ4v) is 4.32. The number of rotatable bonds is 6. The molecule has 0 radical (unpaired) electrons. The molecule has 2 aromatic rings. The van der Waals surface area contributed by atoms with Gasteiger partial charge in [-0.05, 0) is 85.2 Å². The van der Waals surface area contributed by atoms with Gasteiger partial charge in [-0.1, -0.05) is 27.2 Å². The molecule has 0 spiro atoms. The Morgan fingerprint density at radius 2 is 1.87 bits per heavy atom. The second-order valence-electron chi connectivity index (χ2n) is 8.98. The second-order valence-corrected chi connectivity index (χ2v) is 8.98. The van der Waals surface area contributed by atoms with Crippen molar-refractivity contribution in [1.29, 1.82) is 0 Å². The molecule has 2 N–H and O–H groups in total. The SMILES string of the molecule is CCCCOc1c(C)cc(-c2cc3c(cc2F)[C@H](OC(N)=O)C(C)(C)CC3)cc1C. The van der Waals surface area contributed by atoms with E-state index in [4.69, 9.17) is 15.2 Å². The van der Waals surface area contributed by atoms with Crippen LogP contribution >= 0.6 is 0 Å². The minimum absolute atomic E-state index is 0.305. The first-order valence-electron chi connectivity index (χ1n) is 10.7. The van der Waals surface area contributed by atoms with Crippen LogP contribution in [0.25, 0.3) is 11.1 Å². The van der Waals surface area contributed by atoms with Gasteiger partial charge in [0.2, 0.25) is 0 Å². The number of benzene rings is 2. The van der Waals surface area contributed by atoms with Gasteiger partial charge < -0.3 is 15.2 Å². The quantitative estimate of drug-likeness (QED) is 0.558. The summed E-state index contributed by atoms with van der Waals surface area (Å²) in [6.45, 7) is 10.8. The zero-order valence-electron chi connectivity index (χ0n) is 18.6. The molecule has 1 atom stereocenters. The molecule has 1 amide bonds. The summed E-state index contributed by atoms with van der Waals surface area (Å²) in [6, 6.07) is 7.35. The van der Waals surface area contributed by atoms with Crippen molar-refractivity contribution in [3.05, 3.63) is 52.3 Å². The number of ether oxygens (including phenoxy) is 2. The summed E-state index contributed by atoms with van der Waals surface area (Å²) in [5.41, 5.74) is 10.1. The van der Waals surface area contributed by atoms with Gasteiger partial charge in [0.1, 0.15) is 17.7 Å². The molecule has 1 aliphatic rings. The lowest BCUT2D eigenvalue weighted by Crippen LogP contribution is -2.33. The molecule has 0 aliphatic heterocycles. The van der Waals surface area contributed by atoms with Crippen LogP contribution in [0.4, 0.5) is 9.18 Å². The highest BCUT2D eigenvalue weighted by Gasteiger charge is 2.39. The molecule has 0 bridgehead atoms. The van der Waals surface area contributed by atoms with E-state index >= 15 is 4.39 Å². The third-order valence-corrected chi connectivity index (χ3v) is 6.01. The molecule has 162 valence electrons. The van der Waals surface area contributed by atoms with Crippen LogP contribution in [0.15, 0.2) is 24.3 Å². The summed E-state index contributed by atoms with van der Waals surface area (Å²) in [4.78, 5) is 11.4. The van der Waals surface area contributed by atoms with Gasteiger partial charge in [-0.15, -0.1) is 0 Å². The van der Waals surface area contributed by atoms with Gasteiger partial charge in [0, 0.05) is 11.0 Å². The second kappa shape index (κ2) is 8.66. The summed E-state index contributed by atoms with van der Waals surface area (Å²) >= 11 is 0. The lowest BCUT2D eigenvalue weighted by molar-refractivity contribution is 0.0145. The van der Waals surface area contributed by atoms with Crippen LogP contribution < -0.4 is 10.5 Å². The Hall–Kier alpha value is -2.56. The van der Waals surface area contributed by atoms with Gasteiger partial charge in [0.15, 0.2) is 0 Å². The van der Waals surface area contributed by atoms with Crippen molar-refractivity contribution >= 4 is 6.09 Å². The molecular formula is C25H32FNO3. The van der Waals surface area contributed by atoms with Crippen molar-refractivity contribution in [2.75, 3.05) is 6.61 Å². The molecule has 3 rings (SSSR count).